The second kappa shape index (κ2) is 6.86. The summed E-state index contributed by atoms with van der Waals surface area (Å²) >= 11 is 0. The molecule has 2 aliphatic heterocycles. The molecule has 26 heavy (non-hydrogen) atoms. The van der Waals surface area contributed by atoms with Crippen molar-refractivity contribution in [3.63, 3.8) is 0 Å². The molecule has 0 unspecified atom stereocenters. The molecule has 1 aromatic rings. The van der Waals surface area contributed by atoms with Gasteiger partial charge in [-0.15, -0.1) is 0 Å². The molecule has 2 heterocycles. The largest absolute Gasteiger partial charge is 0.466 e. The Balaban J connectivity index is 2.28. The van der Waals surface area contributed by atoms with Crippen LogP contribution in [0, 0.1) is 5.82 Å². The topological polar surface area (TPSA) is 64.6 Å². The molecule has 0 radical (unpaired) electrons. The van der Waals surface area contributed by atoms with Crippen LogP contribution in [0.5, 0.6) is 0 Å². The fourth-order valence-corrected chi connectivity index (χ4v) is 3.37. The Bertz CT molecular complexity index is 847. The summed E-state index contributed by atoms with van der Waals surface area (Å²) in [6.07, 6.45) is -2.23. The van der Waals surface area contributed by atoms with Crippen LogP contribution in [0.1, 0.15) is 30.1 Å². The van der Waals surface area contributed by atoms with Crippen LogP contribution in [0.25, 0.3) is 0 Å². The van der Waals surface area contributed by atoms with Gasteiger partial charge in [-0.2, -0.15) is 0 Å². The maximum absolute atomic E-state index is 14.3. The van der Waals surface area contributed by atoms with Crippen LogP contribution in [-0.4, -0.2) is 32.3 Å². The van der Waals surface area contributed by atoms with Gasteiger partial charge in [0.2, 0.25) is 0 Å². The fourth-order valence-electron chi connectivity index (χ4n) is 3.37. The van der Waals surface area contributed by atoms with Crippen molar-refractivity contribution in [2.75, 3.05) is 20.4 Å². The molecule has 0 saturated carbocycles. The molecule has 3 rings (SSSR count). The van der Waals surface area contributed by atoms with Crippen molar-refractivity contribution in [1.29, 1.82) is 0 Å². The Morgan fingerprint density at radius 2 is 2.19 bits per heavy atom. The number of nitrogens with one attached hydrogen (secondary N) is 1. The van der Waals surface area contributed by atoms with Crippen LogP contribution in [0.15, 0.2) is 40.7 Å². The van der Waals surface area contributed by atoms with Gasteiger partial charge in [0.1, 0.15) is 19.1 Å². The molecule has 0 saturated heterocycles. The first kappa shape index (κ1) is 18.0. The molecule has 0 bridgehead atoms. The van der Waals surface area contributed by atoms with Crippen LogP contribution in [0.4, 0.5) is 13.2 Å². The monoisotopic (exact) mass is 367 g/mol. The molecule has 0 aromatic heterocycles. The third-order valence-corrected chi connectivity index (χ3v) is 4.46. The molecule has 2 aliphatic rings. The van der Waals surface area contributed by atoms with Crippen LogP contribution < -0.4 is 5.32 Å². The van der Waals surface area contributed by atoms with Crippen LogP contribution >= 0.6 is 0 Å². The van der Waals surface area contributed by atoms with Crippen molar-refractivity contribution < 1.29 is 32.2 Å². The van der Waals surface area contributed by atoms with Gasteiger partial charge in [-0.25, -0.2) is 22.8 Å². The highest BCUT2D eigenvalue weighted by molar-refractivity contribution is 6.01. The predicted molar refractivity (Wildman–Crippen MR) is 84.8 cm³/mol. The van der Waals surface area contributed by atoms with Crippen molar-refractivity contribution >= 4 is 11.9 Å². The first-order chi connectivity index (χ1) is 12.4. The summed E-state index contributed by atoms with van der Waals surface area (Å²) in [5.74, 6) is -3.56. The first-order valence-electron chi connectivity index (χ1n) is 7.85. The number of methoxy groups -OCH3 is 1. The average Bonchev–Trinajstić information content (AvgIpc) is 2.99. The zero-order chi connectivity index (χ0) is 19.0. The highest BCUT2D eigenvalue weighted by Crippen LogP contribution is 2.44. The van der Waals surface area contributed by atoms with Crippen molar-refractivity contribution in [3.05, 3.63) is 57.7 Å². The number of dihydropyridines is 1. The maximum Gasteiger partial charge on any atom is 0.337 e. The number of halogens is 3. The molecule has 0 aliphatic carbocycles. The second-order valence-electron chi connectivity index (χ2n) is 5.92. The van der Waals surface area contributed by atoms with Crippen LogP contribution in [0.3, 0.4) is 0 Å². The minimum atomic E-state index is -2.23. The van der Waals surface area contributed by atoms with E-state index in [1.807, 2.05) is 0 Å². The average molecular weight is 367 g/mol. The van der Waals surface area contributed by atoms with Gasteiger partial charge in [0.05, 0.1) is 29.9 Å². The van der Waals surface area contributed by atoms with E-state index >= 15 is 0 Å². The summed E-state index contributed by atoms with van der Waals surface area (Å²) in [6.45, 7) is 0.0850. The first-order valence-corrected chi connectivity index (χ1v) is 7.85. The third-order valence-electron chi connectivity index (χ3n) is 4.46. The molecule has 0 spiro atoms. The molecular formula is C18H16F3NO4. The van der Waals surface area contributed by atoms with Crippen molar-refractivity contribution in [1.82, 2.24) is 5.32 Å². The van der Waals surface area contributed by atoms with E-state index in [1.165, 1.54) is 12.1 Å². The van der Waals surface area contributed by atoms with E-state index in [0.717, 1.165) is 13.2 Å². The van der Waals surface area contributed by atoms with Crippen LogP contribution in [0.2, 0.25) is 0 Å². The van der Waals surface area contributed by atoms with Crippen molar-refractivity contribution in [3.8, 4) is 0 Å². The van der Waals surface area contributed by atoms with E-state index in [1.54, 1.807) is 6.92 Å². The summed E-state index contributed by atoms with van der Waals surface area (Å²) in [5, 5.41) is 2.90. The highest BCUT2D eigenvalue weighted by atomic mass is 19.2. The quantitative estimate of drug-likeness (QED) is 0.829. The van der Waals surface area contributed by atoms with E-state index in [-0.39, 0.29) is 23.3 Å². The standard InChI is InChI=1S/C18H16F3NO4/c1-8-13(17(23)25-2)15(16-12(22-8)7-26-18(16)24)9-4-3-5-10(20)14(9)11(21)6-19/h3-5,11,15,22H,6-7H2,1-2H3/t11-,15+/m1/s1. The van der Waals surface area contributed by atoms with Crippen molar-refractivity contribution in [2.24, 2.45) is 0 Å². The number of allylic oxidation sites excluding steroid dienone is 1. The van der Waals surface area contributed by atoms with Gasteiger partial charge in [0.25, 0.3) is 0 Å². The molecule has 5 nitrogen and oxygen atoms in total. The summed E-state index contributed by atoms with van der Waals surface area (Å²) in [7, 11) is 1.16. The summed E-state index contributed by atoms with van der Waals surface area (Å²) in [6, 6.07) is 3.67. The number of esters is 2. The summed E-state index contributed by atoms with van der Waals surface area (Å²) < 4.78 is 51.3. The molecule has 1 aromatic carbocycles. The molecule has 138 valence electrons. The van der Waals surface area contributed by atoms with Gasteiger partial charge < -0.3 is 14.8 Å². The second-order valence-corrected chi connectivity index (χ2v) is 5.92. The number of alkyl halides is 2. The molecule has 8 heteroatoms. The number of benzene rings is 1. The van der Waals surface area contributed by atoms with Gasteiger partial charge in [0.15, 0.2) is 6.17 Å². The predicted octanol–water partition coefficient (Wildman–Crippen LogP) is 2.75. The minimum Gasteiger partial charge on any atom is -0.466 e. The Morgan fingerprint density at radius 1 is 1.46 bits per heavy atom. The molecular weight excluding hydrogens is 351 g/mol. The summed E-state index contributed by atoms with van der Waals surface area (Å²) in [5.41, 5.74) is 0.308. The fraction of sp³-hybridized carbons (Fsp3) is 0.333. The highest BCUT2D eigenvalue weighted by Gasteiger charge is 2.43. The van der Waals surface area contributed by atoms with E-state index in [9.17, 15) is 22.8 Å². The SMILES string of the molecule is COC(=O)C1=C(C)NC2=C(C(=O)OC2)[C@H]1c1cccc(F)c1[C@H](F)CF. The summed E-state index contributed by atoms with van der Waals surface area (Å²) in [4.78, 5) is 24.6. The van der Waals surface area contributed by atoms with E-state index in [4.69, 9.17) is 9.47 Å². The number of hydrogen-bond acceptors (Lipinski definition) is 5. The normalized spacial score (nSPS) is 20.5. The van der Waals surface area contributed by atoms with Gasteiger partial charge in [-0.05, 0) is 18.6 Å². The van der Waals surface area contributed by atoms with E-state index < -0.39 is 42.1 Å². The van der Waals surface area contributed by atoms with Gasteiger partial charge in [-0.3, -0.25) is 0 Å². The van der Waals surface area contributed by atoms with Crippen LogP contribution in [-0.2, 0) is 19.1 Å². The number of hydrogen-bond donors (Lipinski definition) is 1. The van der Waals surface area contributed by atoms with Crippen molar-refractivity contribution in [2.45, 2.75) is 19.0 Å². The molecule has 2 atom stereocenters. The molecule has 0 fully saturated rings. The Kier molecular flexibility index (Phi) is 4.76. The lowest BCUT2D eigenvalue weighted by Gasteiger charge is -2.29. The Hall–Kier alpha value is -2.77. The van der Waals surface area contributed by atoms with Gasteiger partial charge >= 0.3 is 11.9 Å². The Morgan fingerprint density at radius 3 is 2.85 bits per heavy atom. The van der Waals surface area contributed by atoms with E-state index in [2.05, 4.69) is 5.32 Å². The van der Waals surface area contributed by atoms with Gasteiger partial charge in [0, 0.05) is 11.3 Å². The minimum absolute atomic E-state index is 0.0113. The molecule has 0 amide bonds. The zero-order valence-electron chi connectivity index (χ0n) is 14.1. The number of ether oxygens (including phenoxy) is 2. The van der Waals surface area contributed by atoms with E-state index in [0.29, 0.717) is 11.4 Å². The smallest absolute Gasteiger partial charge is 0.337 e. The maximum atomic E-state index is 14.3. The lowest BCUT2D eigenvalue weighted by Crippen LogP contribution is -2.30. The molecule has 1 N–H and O–H groups in total. The zero-order valence-corrected chi connectivity index (χ0v) is 14.1. The number of cyclic esters (lactones) is 1. The Labute approximate surface area is 147 Å². The number of carbonyl (C=O) groups is 2. The number of rotatable bonds is 4. The third kappa shape index (κ3) is 2.75. The van der Waals surface area contributed by atoms with Gasteiger partial charge in [-0.1, -0.05) is 12.1 Å². The lowest BCUT2D eigenvalue weighted by atomic mass is 9.78. The lowest BCUT2D eigenvalue weighted by molar-refractivity contribution is -0.136. The number of carbonyl (C=O) groups excluding carboxylic acids is 2.